The molecule has 0 bridgehead atoms. The summed E-state index contributed by atoms with van der Waals surface area (Å²) in [7, 11) is 1.54. The second-order valence-corrected chi connectivity index (χ2v) is 6.35. The van der Waals surface area contributed by atoms with Crippen LogP contribution in [-0.4, -0.2) is 41.5 Å². The van der Waals surface area contributed by atoms with Crippen LogP contribution in [0, 0.1) is 0 Å². The lowest BCUT2D eigenvalue weighted by molar-refractivity contribution is -0.138. The molecule has 0 fully saturated rings. The van der Waals surface area contributed by atoms with Gasteiger partial charge in [0.25, 0.3) is 0 Å². The van der Waals surface area contributed by atoms with E-state index >= 15 is 0 Å². The van der Waals surface area contributed by atoms with E-state index in [0.717, 1.165) is 0 Å². The van der Waals surface area contributed by atoms with Gasteiger partial charge in [-0.2, -0.15) is 13.2 Å². The predicted molar refractivity (Wildman–Crippen MR) is 96.9 cm³/mol. The fourth-order valence-corrected chi connectivity index (χ4v) is 2.74. The second kappa shape index (κ2) is 8.87. The van der Waals surface area contributed by atoms with Crippen molar-refractivity contribution in [2.75, 3.05) is 31.0 Å². The lowest BCUT2D eigenvalue weighted by Crippen LogP contribution is -2.19. The number of oxazole rings is 1. The lowest BCUT2D eigenvalue weighted by Gasteiger charge is -2.12. The van der Waals surface area contributed by atoms with Crippen LogP contribution in [0.4, 0.5) is 28.8 Å². The van der Waals surface area contributed by atoms with E-state index in [1.54, 1.807) is 25.3 Å². The van der Waals surface area contributed by atoms with Crippen LogP contribution < -0.4 is 15.4 Å². The van der Waals surface area contributed by atoms with Gasteiger partial charge in [-0.3, -0.25) is 5.32 Å². The number of methoxy groups -OCH3 is 1. The molecule has 0 radical (unpaired) electrons. The molecular formula is C16H14F3N5O4S. The van der Waals surface area contributed by atoms with Crippen LogP contribution in [-0.2, 0) is 10.9 Å². The van der Waals surface area contributed by atoms with E-state index in [4.69, 9.17) is 13.9 Å². The van der Waals surface area contributed by atoms with Crippen molar-refractivity contribution in [3.63, 3.8) is 0 Å². The summed E-state index contributed by atoms with van der Waals surface area (Å²) in [6, 6.07) is 3.94. The number of aromatic nitrogens is 3. The van der Waals surface area contributed by atoms with Crippen molar-refractivity contribution in [2.45, 2.75) is 6.18 Å². The number of rotatable bonds is 7. The number of halogens is 3. The number of anilines is 2. The Morgan fingerprint density at radius 2 is 2.07 bits per heavy atom. The van der Waals surface area contributed by atoms with E-state index in [0.29, 0.717) is 30.2 Å². The van der Waals surface area contributed by atoms with Crippen LogP contribution in [0.25, 0.3) is 11.5 Å². The maximum Gasteiger partial charge on any atom is 0.445 e. The number of urea groups is 1. The highest BCUT2D eigenvalue weighted by Crippen LogP contribution is 2.34. The molecular weight excluding hydrogens is 415 g/mol. The maximum absolute atomic E-state index is 12.6. The standard InChI is InChI=1S/C16H14F3N5O4S/c1-26-6-7-27-9-2-3-11(10(8-9)12-20-4-5-28-12)21-14(25)22-15-24-23-13(29-15)16(17,18)19/h2-5,8H,6-7H2,1H3,(H2,21,22,24,25). The summed E-state index contributed by atoms with van der Waals surface area (Å²) in [4.78, 5) is 16.2. The van der Waals surface area contributed by atoms with E-state index < -0.39 is 17.2 Å². The Bertz CT molecular complexity index is 962. The molecule has 3 aromatic rings. The number of carbonyl (C=O) groups excluding carboxylic acids is 1. The summed E-state index contributed by atoms with van der Waals surface area (Å²) in [6.45, 7) is 0.700. The van der Waals surface area contributed by atoms with E-state index in [2.05, 4.69) is 25.8 Å². The molecule has 2 N–H and O–H groups in total. The number of hydrogen-bond acceptors (Lipinski definition) is 8. The zero-order valence-corrected chi connectivity index (χ0v) is 15.6. The summed E-state index contributed by atoms with van der Waals surface area (Å²) >= 11 is 0.212. The first-order valence-corrected chi connectivity index (χ1v) is 8.83. The fourth-order valence-electron chi connectivity index (χ4n) is 2.14. The molecule has 1 aromatic carbocycles. The molecule has 9 nitrogen and oxygen atoms in total. The van der Waals surface area contributed by atoms with E-state index in [9.17, 15) is 18.0 Å². The van der Waals surface area contributed by atoms with Crippen LogP contribution in [0.3, 0.4) is 0 Å². The average molecular weight is 429 g/mol. The lowest BCUT2D eigenvalue weighted by atomic mass is 10.1. The SMILES string of the molecule is COCCOc1ccc(NC(=O)Nc2nnc(C(F)(F)F)s2)c(-c2ncco2)c1. The van der Waals surface area contributed by atoms with Gasteiger partial charge in [0.05, 0.1) is 24.1 Å². The van der Waals surface area contributed by atoms with Gasteiger partial charge >= 0.3 is 12.2 Å². The highest BCUT2D eigenvalue weighted by molar-refractivity contribution is 7.15. The van der Waals surface area contributed by atoms with Crippen LogP contribution in [0.1, 0.15) is 5.01 Å². The van der Waals surface area contributed by atoms with Crippen molar-refractivity contribution in [1.29, 1.82) is 0 Å². The van der Waals surface area contributed by atoms with Crippen LogP contribution in [0.15, 0.2) is 35.1 Å². The highest BCUT2D eigenvalue weighted by Gasteiger charge is 2.35. The average Bonchev–Trinajstić information content (AvgIpc) is 3.34. The van der Waals surface area contributed by atoms with Gasteiger partial charge in [0.2, 0.25) is 16.0 Å². The summed E-state index contributed by atoms with van der Waals surface area (Å²) < 4.78 is 53.5. The van der Waals surface area contributed by atoms with Gasteiger partial charge in [-0.1, -0.05) is 11.3 Å². The van der Waals surface area contributed by atoms with Gasteiger partial charge in [0, 0.05) is 7.11 Å². The number of amides is 2. The molecule has 2 aromatic heterocycles. The first kappa shape index (κ1) is 20.5. The molecule has 0 unspecified atom stereocenters. The molecule has 0 aliphatic carbocycles. The number of nitrogens with one attached hydrogen (secondary N) is 2. The summed E-state index contributed by atoms with van der Waals surface area (Å²) in [6.07, 6.45) is -1.85. The Morgan fingerprint density at radius 1 is 1.24 bits per heavy atom. The monoisotopic (exact) mass is 429 g/mol. The van der Waals surface area contributed by atoms with Crippen LogP contribution in [0.5, 0.6) is 5.75 Å². The third-order valence-corrected chi connectivity index (χ3v) is 4.23. The number of hydrogen-bond donors (Lipinski definition) is 2. The molecule has 0 saturated carbocycles. The van der Waals surface area contributed by atoms with Gasteiger partial charge in [-0.25, -0.2) is 9.78 Å². The summed E-state index contributed by atoms with van der Waals surface area (Å²) in [5.41, 5.74) is 0.706. The topological polar surface area (TPSA) is 111 Å². The molecule has 2 amide bonds. The van der Waals surface area contributed by atoms with Gasteiger partial charge in [-0.15, -0.1) is 10.2 Å². The third-order valence-electron chi connectivity index (χ3n) is 3.35. The molecule has 29 heavy (non-hydrogen) atoms. The minimum atomic E-state index is -4.63. The van der Waals surface area contributed by atoms with Crippen molar-refractivity contribution in [3.05, 3.63) is 35.7 Å². The first-order chi connectivity index (χ1) is 13.9. The number of ether oxygens (including phenoxy) is 2. The summed E-state index contributed by atoms with van der Waals surface area (Å²) in [5, 5.41) is 9.57. The van der Waals surface area contributed by atoms with E-state index in [1.807, 2.05) is 0 Å². The second-order valence-electron chi connectivity index (χ2n) is 5.38. The Kier molecular flexibility index (Phi) is 6.29. The molecule has 13 heteroatoms. The number of alkyl halides is 3. The Labute approximate surface area is 165 Å². The molecule has 0 aliphatic rings. The predicted octanol–water partition coefficient (Wildman–Crippen LogP) is 3.88. The van der Waals surface area contributed by atoms with Gasteiger partial charge < -0.3 is 19.2 Å². The molecule has 0 saturated heterocycles. The minimum Gasteiger partial charge on any atom is -0.491 e. The van der Waals surface area contributed by atoms with Gasteiger partial charge in [0.15, 0.2) is 0 Å². The molecule has 3 rings (SSSR count). The number of benzene rings is 1. The third kappa shape index (κ3) is 5.42. The molecule has 154 valence electrons. The Hall–Kier alpha value is -3.19. The van der Waals surface area contributed by atoms with Crippen LogP contribution >= 0.6 is 11.3 Å². The first-order valence-electron chi connectivity index (χ1n) is 8.01. The van der Waals surface area contributed by atoms with Gasteiger partial charge in [0.1, 0.15) is 18.6 Å². The van der Waals surface area contributed by atoms with Gasteiger partial charge in [-0.05, 0) is 18.2 Å². The zero-order valence-electron chi connectivity index (χ0n) is 14.8. The Balaban J connectivity index is 1.75. The zero-order chi connectivity index (χ0) is 20.9. The van der Waals surface area contributed by atoms with Crippen molar-refractivity contribution >= 4 is 28.2 Å². The van der Waals surface area contributed by atoms with Crippen molar-refractivity contribution in [3.8, 4) is 17.2 Å². The van der Waals surface area contributed by atoms with E-state index in [-0.39, 0.29) is 22.4 Å². The smallest absolute Gasteiger partial charge is 0.445 e. The molecule has 0 aliphatic heterocycles. The molecule has 0 atom stereocenters. The van der Waals surface area contributed by atoms with Crippen LogP contribution in [0.2, 0.25) is 0 Å². The minimum absolute atomic E-state index is 0.212. The van der Waals surface area contributed by atoms with Crippen molar-refractivity contribution < 1.29 is 31.9 Å². The van der Waals surface area contributed by atoms with Crippen molar-refractivity contribution in [1.82, 2.24) is 15.2 Å². The largest absolute Gasteiger partial charge is 0.491 e. The maximum atomic E-state index is 12.6. The fraction of sp³-hybridized carbons (Fsp3) is 0.250. The Morgan fingerprint density at radius 3 is 2.72 bits per heavy atom. The van der Waals surface area contributed by atoms with E-state index in [1.165, 1.54) is 12.5 Å². The van der Waals surface area contributed by atoms with Crippen molar-refractivity contribution in [2.24, 2.45) is 0 Å². The highest BCUT2D eigenvalue weighted by atomic mass is 32.1. The number of carbonyl (C=O) groups is 1. The normalized spacial score (nSPS) is 11.3. The summed E-state index contributed by atoms with van der Waals surface area (Å²) in [5.74, 6) is 0.702. The molecule has 0 spiro atoms. The molecule has 2 heterocycles. The number of nitrogens with zero attached hydrogens (tertiary/aromatic N) is 3. The quantitative estimate of drug-likeness (QED) is 0.548.